The highest BCUT2D eigenvalue weighted by Gasteiger charge is 2.24. The molecule has 7 nitrogen and oxygen atoms in total. The predicted molar refractivity (Wildman–Crippen MR) is 91.4 cm³/mol. The number of hydrogen-bond donors (Lipinski definition) is 0. The van der Waals surface area contributed by atoms with Crippen LogP contribution in [-0.2, 0) is 5.41 Å². The largest absolute Gasteiger partial charge is 0.338 e. The highest BCUT2D eigenvalue weighted by molar-refractivity contribution is 7.99. The molecule has 0 aliphatic rings. The standard InChI is InChI=1S/C15H17ClN6OS/c1-9(12-17-13(19-23-12)15(2,3)4)24-14-18-20-21-22(14)11-7-5-10(16)6-8-11/h5-9H,1-4H3. The Labute approximate surface area is 148 Å². The van der Waals surface area contributed by atoms with E-state index in [4.69, 9.17) is 16.1 Å². The fraction of sp³-hybridized carbons (Fsp3) is 0.400. The summed E-state index contributed by atoms with van der Waals surface area (Å²) in [6, 6.07) is 7.31. The fourth-order valence-electron chi connectivity index (χ4n) is 1.91. The summed E-state index contributed by atoms with van der Waals surface area (Å²) in [6.07, 6.45) is 0. The van der Waals surface area contributed by atoms with E-state index < -0.39 is 0 Å². The topological polar surface area (TPSA) is 82.5 Å². The summed E-state index contributed by atoms with van der Waals surface area (Å²) in [4.78, 5) is 4.48. The van der Waals surface area contributed by atoms with Crippen molar-refractivity contribution in [2.45, 2.75) is 43.5 Å². The van der Waals surface area contributed by atoms with Crippen LogP contribution < -0.4 is 0 Å². The highest BCUT2D eigenvalue weighted by atomic mass is 35.5. The van der Waals surface area contributed by atoms with E-state index in [2.05, 4.69) is 25.7 Å². The minimum absolute atomic E-state index is 0.0781. The third-order valence-corrected chi connectivity index (χ3v) is 4.53. The number of rotatable bonds is 4. The van der Waals surface area contributed by atoms with E-state index in [9.17, 15) is 0 Å². The second-order valence-corrected chi connectivity index (χ2v) is 8.06. The van der Waals surface area contributed by atoms with Crippen LogP contribution in [0.15, 0.2) is 33.9 Å². The predicted octanol–water partition coefficient (Wildman–Crippen LogP) is 3.85. The van der Waals surface area contributed by atoms with Crippen molar-refractivity contribution in [2.24, 2.45) is 0 Å². The van der Waals surface area contributed by atoms with Crippen molar-refractivity contribution in [3.8, 4) is 5.69 Å². The molecule has 0 aliphatic carbocycles. The van der Waals surface area contributed by atoms with E-state index in [1.165, 1.54) is 11.8 Å². The molecule has 0 aliphatic heterocycles. The molecule has 0 spiro atoms. The summed E-state index contributed by atoms with van der Waals surface area (Å²) < 4.78 is 7.04. The molecule has 1 unspecified atom stereocenters. The molecule has 2 aromatic heterocycles. The van der Waals surface area contributed by atoms with Crippen LogP contribution in [0.2, 0.25) is 5.02 Å². The lowest BCUT2D eigenvalue weighted by Gasteiger charge is -2.11. The number of tetrazole rings is 1. The van der Waals surface area contributed by atoms with Gasteiger partial charge in [0.2, 0.25) is 11.0 Å². The minimum atomic E-state index is -0.156. The molecule has 24 heavy (non-hydrogen) atoms. The summed E-state index contributed by atoms with van der Waals surface area (Å²) in [5, 5.41) is 17.1. The SMILES string of the molecule is CC(Sc1nnnn1-c1ccc(Cl)cc1)c1nc(C(C)(C)C)no1. The van der Waals surface area contributed by atoms with Gasteiger partial charge in [-0.05, 0) is 41.6 Å². The molecule has 0 saturated heterocycles. The van der Waals surface area contributed by atoms with Crippen molar-refractivity contribution in [1.29, 1.82) is 0 Å². The maximum Gasteiger partial charge on any atom is 0.239 e. The Morgan fingerprint density at radius 3 is 2.54 bits per heavy atom. The van der Waals surface area contributed by atoms with Gasteiger partial charge in [0.05, 0.1) is 10.9 Å². The van der Waals surface area contributed by atoms with Crippen molar-refractivity contribution in [3.05, 3.63) is 41.0 Å². The average Bonchev–Trinajstić information content (AvgIpc) is 3.16. The first-order chi connectivity index (χ1) is 11.3. The van der Waals surface area contributed by atoms with Crippen LogP contribution in [0.4, 0.5) is 0 Å². The molecule has 3 rings (SSSR count). The Morgan fingerprint density at radius 2 is 1.92 bits per heavy atom. The van der Waals surface area contributed by atoms with Crippen LogP contribution >= 0.6 is 23.4 Å². The summed E-state index contributed by atoms with van der Waals surface area (Å²) in [6.45, 7) is 8.10. The second kappa shape index (κ2) is 6.52. The van der Waals surface area contributed by atoms with Crippen molar-refractivity contribution in [2.75, 3.05) is 0 Å². The number of hydrogen-bond acceptors (Lipinski definition) is 7. The average molecular weight is 365 g/mol. The van der Waals surface area contributed by atoms with E-state index in [-0.39, 0.29) is 10.7 Å². The van der Waals surface area contributed by atoms with E-state index in [1.54, 1.807) is 16.8 Å². The summed E-state index contributed by atoms with van der Waals surface area (Å²) in [5.41, 5.74) is 0.678. The first kappa shape index (κ1) is 16.9. The molecule has 0 saturated carbocycles. The zero-order chi connectivity index (χ0) is 17.3. The van der Waals surface area contributed by atoms with Gasteiger partial charge >= 0.3 is 0 Å². The maximum atomic E-state index is 5.92. The van der Waals surface area contributed by atoms with Gasteiger partial charge < -0.3 is 4.52 Å². The molecule has 1 atom stereocenters. The van der Waals surface area contributed by atoms with Gasteiger partial charge in [-0.1, -0.05) is 49.3 Å². The number of aromatic nitrogens is 6. The number of benzene rings is 1. The minimum Gasteiger partial charge on any atom is -0.338 e. The Balaban J connectivity index is 1.80. The van der Waals surface area contributed by atoms with Gasteiger partial charge in [-0.3, -0.25) is 0 Å². The lowest BCUT2D eigenvalue weighted by atomic mass is 9.96. The molecular weight excluding hydrogens is 348 g/mol. The van der Waals surface area contributed by atoms with Crippen LogP contribution in [0.1, 0.15) is 44.7 Å². The number of halogens is 1. The molecule has 3 aromatic rings. The highest BCUT2D eigenvalue weighted by Crippen LogP contribution is 2.34. The first-order valence-corrected chi connectivity index (χ1v) is 8.65. The quantitative estimate of drug-likeness (QED) is 0.650. The molecule has 2 heterocycles. The molecule has 0 amide bonds. The third-order valence-electron chi connectivity index (χ3n) is 3.25. The van der Waals surface area contributed by atoms with Gasteiger partial charge in [0.25, 0.3) is 0 Å². The van der Waals surface area contributed by atoms with Crippen molar-refractivity contribution in [3.63, 3.8) is 0 Å². The monoisotopic (exact) mass is 364 g/mol. The molecule has 0 N–H and O–H groups in total. The lowest BCUT2D eigenvalue weighted by Crippen LogP contribution is -2.13. The second-order valence-electron chi connectivity index (χ2n) is 6.32. The Hall–Kier alpha value is -1.93. The van der Waals surface area contributed by atoms with E-state index in [1.807, 2.05) is 39.8 Å². The first-order valence-electron chi connectivity index (χ1n) is 7.39. The van der Waals surface area contributed by atoms with Gasteiger partial charge in [0.15, 0.2) is 5.82 Å². The van der Waals surface area contributed by atoms with Gasteiger partial charge in [0.1, 0.15) is 0 Å². The Morgan fingerprint density at radius 1 is 1.21 bits per heavy atom. The van der Waals surface area contributed by atoms with E-state index >= 15 is 0 Å². The van der Waals surface area contributed by atoms with Crippen molar-refractivity contribution in [1.82, 2.24) is 30.3 Å². The summed E-state index contributed by atoms with van der Waals surface area (Å²) >= 11 is 7.37. The van der Waals surface area contributed by atoms with Crippen LogP contribution in [0.3, 0.4) is 0 Å². The van der Waals surface area contributed by atoms with E-state index in [0.717, 1.165) is 5.69 Å². The van der Waals surface area contributed by atoms with Gasteiger partial charge in [-0.25, -0.2) is 0 Å². The molecular formula is C15H17ClN6OS. The zero-order valence-corrected chi connectivity index (χ0v) is 15.3. The zero-order valence-electron chi connectivity index (χ0n) is 13.8. The van der Waals surface area contributed by atoms with Crippen LogP contribution in [-0.4, -0.2) is 30.3 Å². The van der Waals surface area contributed by atoms with Gasteiger partial charge in [-0.15, -0.1) is 5.10 Å². The smallest absolute Gasteiger partial charge is 0.239 e. The van der Waals surface area contributed by atoms with Crippen LogP contribution in [0, 0.1) is 0 Å². The fourth-order valence-corrected chi connectivity index (χ4v) is 2.87. The van der Waals surface area contributed by atoms with Crippen molar-refractivity contribution >= 4 is 23.4 Å². The lowest BCUT2D eigenvalue weighted by molar-refractivity contribution is 0.364. The molecule has 0 radical (unpaired) electrons. The molecule has 9 heteroatoms. The van der Waals surface area contributed by atoms with Gasteiger partial charge in [0, 0.05) is 10.4 Å². The maximum absolute atomic E-state index is 5.92. The normalized spacial score (nSPS) is 13.2. The van der Waals surface area contributed by atoms with E-state index in [0.29, 0.717) is 21.9 Å². The third kappa shape index (κ3) is 3.59. The molecule has 0 fully saturated rings. The Bertz CT molecular complexity index is 823. The van der Waals surface area contributed by atoms with Gasteiger partial charge in [-0.2, -0.15) is 9.67 Å². The van der Waals surface area contributed by atoms with Crippen molar-refractivity contribution < 1.29 is 4.52 Å². The molecule has 0 bridgehead atoms. The summed E-state index contributed by atoms with van der Waals surface area (Å²) in [7, 11) is 0. The molecule has 1 aromatic carbocycles. The van der Waals surface area contributed by atoms with Crippen LogP contribution in [0.25, 0.3) is 5.69 Å². The van der Waals surface area contributed by atoms with Crippen LogP contribution in [0.5, 0.6) is 0 Å². The summed E-state index contributed by atoms with van der Waals surface area (Å²) in [5.74, 6) is 1.23. The molecule has 126 valence electrons. The Kier molecular flexibility index (Phi) is 4.60. The number of thioether (sulfide) groups is 1. The number of nitrogens with zero attached hydrogens (tertiary/aromatic N) is 6.